The van der Waals surface area contributed by atoms with Crippen LogP contribution in [0.4, 0.5) is 8.78 Å². The van der Waals surface area contributed by atoms with Gasteiger partial charge in [-0.2, -0.15) is 0 Å². The second-order valence-electron chi connectivity index (χ2n) is 5.74. The van der Waals surface area contributed by atoms with Gasteiger partial charge < -0.3 is 20.5 Å². The van der Waals surface area contributed by atoms with Crippen LogP contribution in [0.1, 0.15) is 33.1 Å². The fourth-order valence-corrected chi connectivity index (χ4v) is 2.40. The Balaban J connectivity index is 0.00000625. The van der Waals surface area contributed by atoms with Crippen LogP contribution in [0.5, 0.6) is 5.75 Å². The van der Waals surface area contributed by atoms with Crippen molar-refractivity contribution in [1.82, 2.24) is 10.6 Å². The van der Waals surface area contributed by atoms with Crippen LogP contribution in [0.15, 0.2) is 23.2 Å². The van der Waals surface area contributed by atoms with Gasteiger partial charge in [-0.3, -0.25) is 4.99 Å². The number of benzene rings is 1. The summed E-state index contributed by atoms with van der Waals surface area (Å²) in [6.45, 7) is 6.27. The number of nitrogens with one attached hydrogen (secondary N) is 2. The third-order valence-corrected chi connectivity index (χ3v) is 3.63. The maximum Gasteiger partial charge on any atom is 0.191 e. The van der Waals surface area contributed by atoms with Crippen molar-refractivity contribution >= 4 is 29.9 Å². The SMILES string of the molecule is CCCC(CCO)CN=C(NCC)NCCOc1ccc(F)cc1F.I. The molecule has 0 radical (unpaired) electrons. The zero-order chi connectivity index (χ0) is 18.5. The highest BCUT2D eigenvalue weighted by Crippen LogP contribution is 2.17. The molecule has 1 aromatic rings. The van der Waals surface area contributed by atoms with Crippen molar-refractivity contribution in [2.45, 2.75) is 33.1 Å². The summed E-state index contributed by atoms with van der Waals surface area (Å²) in [5, 5.41) is 15.4. The lowest BCUT2D eigenvalue weighted by Gasteiger charge is -2.15. The molecule has 5 nitrogen and oxygen atoms in total. The Kier molecular flexibility index (Phi) is 14.3. The van der Waals surface area contributed by atoms with Crippen molar-refractivity contribution in [2.75, 3.05) is 32.8 Å². The number of halogens is 3. The summed E-state index contributed by atoms with van der Waals surface area (Å²) in [5.41, 5.74) is 0. The van der Waals surface area contributed by atoms with Crippen LogP contribution in [0.2, 0.25) is 0 Å². The Morgan fingerprint density at radius 2 is 2.00 bits per heavy atom. The Morgan fingerprint density at radius 1 is 1.23 bits per heavy atom. The van der Waals surface area contributed by atoms with E-state index in [-0.39, 0.29) is 42.9 Å². The van der Waals surface area contributed by atoms with Gasteiger partial charge in [0.1, 0.15) is 12.4 Å². The molecule has 0 amide bonds. The first-order valence-electron chi connectivity index (χ1n) is 8.81. The number of hydrogen-bond donors (Lipinski definition) is 3. The Bertz CT molecular complexity index is 527. The average Bonchev–Trinajstić information content (AvgIpc) is 2.58. The van der Waals surface area contributed by atoms with E-state index < -0.39 is 11.6 Å². The topological polar surface area (TPSA) is 65.9 Å². The molecule has 1 rings (SSSR count). The Labute approximate surface area is 171 Å². The van der Waals surface area contributed by atoms with Crippen molar-refractivity contribution in [1.29, 1.82) is 0 Å². The van der Waals surface area contributed by atoms with Crippen molar-refractivity contribution in [2.24, 2.45) is 10.9 Å². The van der Waals surface area contributed by atoms with Crippen molar-refractivity contribution < 1.29 is 18.6 Å². The zero-order valence-electron chi connectivity index (χ0n) is 15.4. The lowest BCUT2D eigenvalue weighted by Crippen LogP contribution is -2.39. The fraction of sp³-hybridized carbons (Fsp3) is 0.611. The quantitative estimate of drug-likeness (QED) is 0.195. The van der Waals surface area contributed by atoms with Crippen LogP contribution in [0.25, 0.3) is 0 Å². The molecule has 26 heavy (non-hydrogen) atoms. The molecule has 0 heterocycles. The number of aliphatic hydroxyl groups is 1. The Morgan fingerprint density at radius 3 is 2.62 bits per heavy atom. The number of hydrogen-bond acceptors (Lipinski definition) is 3. The molecule has 1 aromatic carbocycles. The summed E-state index contributed by atoms with van der Waals surface area (Å²) >= 11 is 0. The van der Waals surface area contributed by atoms with Gasteiger partial charge in [0.05, 0.1) is 6.54 Å². The molecule has 1 atom stereocenters. The maximum absolute atomic E-state index is 13.5. The highest BCUT2D eigenvalue weighted by atomic mass is 127. The predicted molar refractivity (Wildman–Crippen MR) is 111 cm³/mol. The maximum atomic E-state index is 13.5. The van der Waals surface area contributed by atoms with Crippen molar-refractivity contribution in [3.63, 3.8) is 0 Å². The van der Waals surface area contributed by atoms with Crippen LogP contribution < -0.4 is 15.4 Å². The van der Waals surface area contributed by atoms with E-state index in [4.69, 9.17) is 9.84 Å². The van der Waals surface area contributed by atoms with Gasteiger partial charge in [-0.25, -0.2) is 8.78 Å². The van der Waals surface area contributed by atoms with E-state index in [1.54, 1.807) is 0 Å². The van der Waals surface area contributed by atoms with E-state index in [9.17, 15) is 8.78 Å². The van der Waals surface area contributed by atoms with E-state index in [1.165, 1.54) is 6.07 Å². The van der Waals surface area contributed by atoms with Gasteiger partial charge >= 0.3 is 0 Å². The zero-order valence-corrected chi connectivity index (χ0v) is 17.8. The van der Waals surface area contributed by atoms with E-state index in [1.807, 2.05) is 6.92 Å². The number of rotatable bonds is 11. The molecule has 0 bridgehead atoms. The van der Waals surface area contributed by atoms with E-state index >= 15 is 0 Å². The fourth-order valence-electron chi connectivity index (χ4n) is 2.40. The van der Waals surface area contributed by atoms with Gasteiger partial charge in [0.2, 0.25) is 0 Å². The molecular weight excluding hydrogens is 455 g/mol. The minimum absolute atomic E-state index is 0. The molecule has 1 unspecified atom stereocenters. The molecule has 0 spiro atoms. The largest absolute Gasteiger partial charge is 0.489 e. The second-order valence-corrected chi connectivity index (χ2v) is 5.74. The summed E-state index contributed by atoms with van der Waals surface area (Å²) in [6, 6.07) is 3.23. The number of guanidine groups is 1. The number of nitrogens with zero attached hydrogens (tertiary/aromatic N) is 1. The minimum atomic E-state index is -0.716. The molecule has 0 fully saturated rings. The molecule has 0 aromatic heterocycles. The van der Waals surface area contributed by atoms with Gasteiger partial charge in [-0.05, 0) is 37.8 Å². The lowest BCUT2D eigenvalue weighted by atomic mass is 10.0. The predicted octanol–water partition coefficient (Wildman–Crippen LogP) is 3.32. The van der Waals surface area contributed by atoms with Crippen LogP contribution in [-0.2, 0) is 0 Å². The van der Waals surface area contributed by atoms with Gasteiger partial charge in [0, 0.05) is 25.8 Å². The second kappa shape index (κ2) is 15.0. The van der Waals surface area contributed by atoms with Crippen molar-refractivity contribution in [3.8, 4) is 5.75 Å². The molecule has 0 aliphatic heterocycles. The van der Waals surface area contributed by atoms with E-state index in [2.05, 4.69) is 22.5 Å². The summed E-state index contributed by atoms with van der Waals surface area (Å²) in [4.78, 5) is 4.53. The molecule has 8 heteroatoms. The van der Waals surface area contributed by atoms with Crippen molar-refractivity contribution in [3.05, 3.63) is 29.8 Å². The summed E-state index contributed by atoms with van der Waals surface area (Å²) in [5.74, 6) is -0.308. The van der Waals surface area contributed by atoms with Gasteiger partial charge in [-0.1, -0.05) is 13.3 Å². The molecule has 0 saturated heterocycles. The summed E-state index contributed by atoms with van der Waals surface area (Å²) in [7, 11) is 0. The first kappa shape index (κ1) is 24.8. The number of ether oxygens (including phenoxy) is 1. The van der Waals surface area contributed by atoms with E-state index in [0.717, 1.165) is 37.9 Å². The third-order valence-electron chi connectivity index (χ3n) is 3.63. The standard InChI is InChI=1S/C18H29F2N3O2.HI/c1-3-5-14(8-10-24)13-23-18(21-4-2)22-9-11-25-17-7-6-15(19)12-16(17)20;/h6-7,12,14,24H,3-5,8-11,13H2,1-2H3,(H2,21,22,23);1H. The van der Waals surface area contributed by atoms with Crippen LogP contribution in [0.3, 0.4) is 0 Å². The molecule has 0 aliphatic carbocycles. The molecular formula is C18H30F2IN3O2. The monoisotopic (exact) mass is 485 g/mol. The number of aliphatic imine (C=N–C) groups is 1. The normalized spacial score (nSPS) is 12.3. The molecule has 3 N–H and O–H groups in total. The molecule has 150 valence electrons. The van der Waals surface area contributed by atoms with E-state index in [0.29, 0.717) is 25.0 Å². The highest BCUT2D eigenvalue weighted by molar-refractivity contribution is 14.0. The lowest BCUT2D eigenvalue weighted by molar-refractivity contribution is 0.253. The average molecular weight is 485 g/mol. The first-order chi connectivity index (χ1) is 12.1. The smallest absolute Gasteiger partial charge is 0.191 e. The minimum Gasteiger partial charge on any atom is -0.489 e. The van der Waals surface area contributed by atoms with Crippen LogP contribution in [0, 0.1) is 17.6 Å². The number of aliphatic hydroxyl groups excluding tert-OH is 1. The Hall–Kier alpha value is -1.16. The van der Waals surface area contributed by atoms with Crippen LogP contribution >= 0.6 is 24.0 Å². The third kappa shape index (κ3) is 10.1. The molecule has 0 aliphatic rings. The summed E-state index contributed by atoms with van der Waals surface area (Å²) in [6.07, 6.45) is 2.82. The van der Waals surface area contributed by atoms with Gasteiger partial charge in [-0.15, -0.1) is 24.0 Å². The highest BCUT2D eigenvalue weighted by Gasteiger charge is 2.08. The summed E-state index contributed by atoms with van der Waals surface area (Å²) < 4.78 is 31.6. The van der Waals surface area contributed by atoms with Gasteiger partial charge in [0.25, 0.3) is 0 Å². The van der Waals surface area contributed by atoms with Crippen LogP contribution in [-0.4, -0.2) is 43.9 Å². The van der Waals surface area contributed by atoms with Gasteiger partial charge in [0.15, 0.2) is 17.5 Å². The molecule has 0 saturated carbocycles. The first-order valence-corrected chi connectivity index (χ1v) is 8.81.